The fourth-order valence-corrected chi connectivity index (χ4v) is 6.02. The first-order valence-electron chi connectivity index (χ1n) is 12.0. The van der Waals surface area contributed by atoms with Crippen LogP contribution in [-0.4, -0.2) is 56.4 Å². The van der Waals surface area contributed by atoms with E-state index in [-0.39, 0.29) is 23.7 Å². The molecule has 4 heterocycles. The molecule has 2 aromatic heterocycles. The molecule has 186 valence electrons. The Morgan fingerprint density at radius 3 is 2.56 bits per heavy atom. The fraction of sp³-hybridized carbons (Fsp3) is 0.333. The Kier molecular flexibility index (Phi) is 6.96. The number of hydrogen-bond donors (Lipinski definition) is 0. The number of morpholine rings is 1. The van der Waals surface area contributed by atoms with Crippen molar-refractivity contribution in [3.63, 3.8) is 0 Å². The zero-order valence-corrected chi connectivity index (χ0v) is 22.1. The number of rotatable bonds is 5. The molecule has 2 aliphatic rings. The van der Waals surface area contributed by atoms with E-state index in [4.69, 9.17) is 21.9 Å². The van der Waals surface area contributed by atoms with Crippen LogP contribution in [0, 0.1) is 6.92 Å². The highest BCUT2D eigenvalue weighted by molar-refractivity contribution is 8.26. The van der Waals surface area contributed by atoms with Crippen molar-refractivity contribution in [1.82, 2.24) is 14.3 Å². The lowest BCUT2D eigenvalue weighted by atomic mass is 10.1. The summed E-state index contributed by atoms with van der Waals surface area (Å²) in [5, 5.41) is 0. The number of ether oxygens (including phenoxy) is 1. The molecule has 0 radical (unpaired) electrons. The SMILES string of the molecule is Cc1cccn2c(=O)c(C=C3SC(=S)N(CCc4ccccc4)C3=O)c(N3CC(C)OC(C)C3)nc12. The molecule has 3 aromatic rings. The Balaban J connectivity index is 1.54. The molecule has 9 heteroatoms. The second-order valence-corrected chi connectivity index (χ2v) is 10.9. The predicted octanol–water partition coefficient (Wildman–Crippen LogP) is 4.06. The average molecular weight is 521 g/mol. The third-order valence-electron chi connectivity index (χ3n) is 6.40. The van der Waals surface area contributed by atoms with Gasteiger partial charge in [0.1, 0.15) is 15.8 Å². The molecule has 2 atom stereocenters. The van der Waals surface area contributed by atoms with Crippen molar-refractivity contribution >= 4 is 51.7 Å². The van der Waals surface area contributed by atoms with Crippen molar-refractivity contribution in [3.05, 3.63) is 80.6 Å². The van der Waals surface area contributed by atoms with Crippen molar-refractivity contribution in [2.75, 3.05) is 24.5 Å². The molecule has 2 aliphatic heterocycles. The number of carbonyl (C=O) groups is 1. The van der Waals surface area contributed by atoms with E-state index in [0.29, 0.717) is 52.3 Å². The van der Waals surface area contributed by atoms with Gasteiger partial charge in [-0.2, -0.15) is 0 Å². The molecule has 0 N–H and O–H groups in total. The highest BCUT2D eigenvalue weighted by Crippen LogP contribution is 2.34. The number of pyridine rings is 1. The molecule has 2 unspecified atom stereocenters. The minimum absolute atomic E-state index is 0.00470. The Hall–Kier alpha value is -3.01. The van der Waals surface area contributed by atoms with Crippen LogP contribution in [-0.2, 0) is 16.0 Å². The number of nitrogens with zero attached hydrogens (tertiary/aromatic N) is 4. The fourth-order valence-electron chi connectivity index (χ4n) is 4.73. The first-order valence-corrected chi connectivity index (χ1v) is 13.3. The minimum atomic E-state index is -0.208. The van der Waals surface area contributed by atoms with E-state index in [2.05, 4.69) is 4.90 Å². The number of anilines is 1. The molecule has 1 amide bonds. The number of amides is 1. The summed E-state index contributed by atoms with van der Waals surface area (Å²) in [6.07, 6.45) is 4.08. The van der Waals surface area contributed by atoms with Crippen molar-refractivity contribution in [3.8, 4) is 0 Å². The molecular formula is C27H28N4O3S2. The normalized spacial score (nSPS) is 21.7. The molecule has 5 rings (SSSR count). The van der Waals surface area contributed by atoms with Gasteiger partial charge >= 0.3 is 0 Å². The van der Waals surface area contributed by atoms with E-state index in [9.17, 15) is 9.59 Å². The van der Waals surface area contributed by atoms with Crippen molar-refractivity contribution < 1.29 is 9.53 Å². The average Bonchev–Trinajstić information content (AvgIpc) is 3.11. The zero-order chi connectivity index (χ0) is 25.4. The number of thioether (sulfide) groups is 1. The minimum Gasteiger partial charge on any atom is -0.372 e. The number of aromatic nitrogens is 2. The van der Waals surface area contributed by atoms with Crippen LogP contribution in [0.25, 0.3) is 11.7 Å². The van der Waals surface area contributed by atoms with Crippen LogP contribution in [0.3, 0.4) is 0 Å². The van der Waals surface area contributed by atoms with Gasteiger partial charge in [0, 0.05) is 25.8 Å². The molecule has 1 aromatic carbocycles. The van der Waals surface area contributed by atoms with E-state index < -0.39 is 0 Å². The number of aryl methyl sites for hydroxylation is 1. The first kappa shape index (κ1) is 24.7. The quantitative estimate of drug-likeness (QED) is 0.371. The molecule has 7 nitrogen and oxygen atoms in total. The van der Waals surface area contributed by atoms with E-state index in [0.717, 1.165) is 11.1 Å². The van der Waals surface area contributed by atoms with Gasteiger partial charge in [-0.25, -0.2) is 4.98 Å². The van der Waals surface area contributed by atoms with Crippen LogP contribution in [0.1, 0.15) is 30.5 Å². The third kappa shape index (κ3) is 4.83. The van der Waals surface area contributed by atoms with Crippen LogP contribution < -0.4 is 10.5 Å². The molecule has 0 bridgehead atoms. The lowest BCUT2D eigenvalue weighted by Crippen LogP contribution is -2.46. The largest absolute Gasteiger partial charge is 0.372 e. The summed E-state index contributed by atoms with van der Waals surface area (Å²) < 4.78 is 7.96. The molecule has 0 spiro atoms. The topological polar surface area (TPSA) is 67.2 Å². The molecule has 36 heavy (non-hydrogen) atoms. The molecular weight excluding hydrogens is 492 g/mol. The smallest absolute Gasteiger partial charge is 0.267 e. The van der Waals surface area contributed by atoms with Crippen molar-refractivity contribution in [1.29, 1.82) is 0 Å². The Morgan fingerprint density at radius 2 is 1.83 bits per heavy atom. The highest BCUT2D eigenvalue weighted by Gasteiger charge is 2.33. The maximum atomic E-state index is 13.7. The number of fused-ring (bicyclic) bond motifs is 1. The van der Waals surface area contributed by atoms with Gasteiger partial charge in [-0.3, -0.25) is 18.9 Å². The maximum absolute atomic E-state index is 13.7. The van der Waals surface area contributed by atoms with Crippen molar-refractivity contribution in [2.45, 2.75) is 39.4 Å². The Morgan fingerprint density at radius 1 is 1.11 bits per heavy atom. The summed E-state index contributed by atoms with van der Waals surface area (Å²) in [5.41, 5.74) is 2.84. The molecule has 2 fully saturated rings. The van der Waals surface area contributed by atoms with Gasteiger partial charge in [-0.1, -0.05) is 60.4 Å². The van der Waals surface area contributed by atoms with E-state index in [1.807, 2.05) is 63.2 Å². The van der Waals surface area contributed by atoms with Gasteiger partial charge in [-0.15, -0.1) is 0 Å². The van der Waals surface area contributed by atoms with Gasteiger partial charge in [0.15, 0.2) is 0 Å². The lowest BCUT2D eigenvalue weighted by Gasteiger charge is -2.36. The van der Waals surface area contributed by atoms with E-state index >= 15 is 0 Å². The second-order valence-electron chi connectivity index (χ2n) is 9.27. The number of benzene rings is 1. The van der Waals surface area contributed by atoms with Crippen molar-refractivity contribution in [2.24, 2.45) is 0 Å². The predicted molar refractivity (Wildman–Crippen MR) is 148 cm³/mol. The van der Waals surface area contributed by atoms with Crippen LogP contribution in [0.2, 0.25) is 0 Å². The first-order chi connectivity index (χ1) is 17.3. The van der Waals surface area contributed by atoms with Crippen LogP contribution in [0.5, 0.6) is 0 Å². The van der Waals surface area contributed by atoms with Gasteiger partial charge in [0.2, 0.25) is 0 Å². The van der Waals surface area contributed by atoms with Gasteiger partial charge in [0.25, 0.3) is 11.5 Å². The summed E-state index contributed by atoms with van der Waals surface area (Å²) in [6.45, 7) is 7.67. The van der Waals surface area contributed by atoms with Gasteiger partial charge in [-0.05, 0) is 50.5 Å². The van der Waals surface area contributed by atoms with E-state index in [1.165, 1.54) is 11.8 Å². The molecule has 2 saturated heterocycles. The third-order valence-corrected chi connectivity index (χ3v) is 7.78. The Labute approximate surface area is 219 Å². The number of hydrogen-bond acceptors (Lipinski definition) is 7. The van der Waals surface area contributed by atoms with Gasteiger partial charge < -0.3 is 9.64 Å². The lowest BCUT2D eigenvalue weighted by molar-refractivity contribution is -0.122. The second kappa shape index (κ2) is 10.2. The summed E-state index contributed by atoms with van der Waals surface area (Å²) in [4.78, 5) is 36.2. The summed E-state index contributed by atoms with van der Waals surface area (Å²) in [7, 11) is 0. The highest BCUT2D eigenvalue weighted by atomic mass is 32.2. The number of thiocarbonyl (C=S) groups is 1. The standard InChI is InChI=1S/C27H28N4O3S2/c1-17-8-7-12-30-23(17)28-24(29-15-18(2)34-19(3)16-29)21(25(30)32)14-22-26(33)31(27(35)36-22)13-11-20-9-5-4-6-10-20/h4-10,12,14,18-19H,11,13,15-16H2,1-3H3. The zero-order valence-electron chi connectivity index (χ0n) is 20.5. The van der Waals surface area contributed by atoms with Crippen LogP contribution in [0.4, 0.5) is 5.82 Å². The summed E-state index contributed by atoms with van der Waals surface area (Å²) in [5.74, 6) is 0.398. The Bertz CT molecular complexity index is 1410. The van der Waals surface area contributed by atoms with Crippen LogP contribution >= 0.6 is 24.0 Å². The number of carbonyl (C=O) groups excluding carboxylic acids is 1. The van der Waals surface area contributed by atoms with Gasteiger partial charge in [0.05, 0.1) is 22.7 Å². The van der Waals surface area contributed by atoms with E-state index in [1.54, 1.807) is 21.6 Å². The summed E-state index contributed by atoms with van der Waals surface area (Å²) >= 11 is 6.78. The molecule has 0 aliphatic carbocycles. The summed E-state index contributed by atoms with van der Waals surface area (Å²) in [6, 6.07) is 13.8. The monoisotopic (exact) mass is 520 g/mol. The maximum Gasteiger partial charge on any atom is 0.267 e. The van der Waals surface area contributed by atoms with Crippen LogP contribution in [0.15, 0.2) is 58.4 Å². The molecule has 0 saturated carbocycles.